The summed E-state index contributed by atoms with van der Waals surface area (Å²) < 4.78 is 33.9. The Morgan fingerprint density at radius 3 is 2.40 bits per heavy atom. The van der Waals surface area contributed by atoms with E-state index in [1.165, 1.54) is 28.8 Å². The predicted octanol–water partition coefficient (Wildman–Crippen LogP) is 5.31. The normalized spacial score (nSPS) is 11.2. The molecule has 3 aromatic carbocycles. The van der Waals surface area contributed by atoms with Crippen molar-refractivity contribution in [2.45, 2.75) is 6.54 Å². The van der Waals surface area contributed by atoms with Gasteiger partial charge in [-0.3, -0.25) is 5.41 Å². The molecule has 0 atom stereocenters. The summed E-state index contributed by atoms with van der Waals surface area (Å²) >= 11 is 0. The maximum atomic E-state index is 14.5. The zero-order valence-corrected chi connectivity index (χ0v) is 22.8. The second kappa shape index (κ2) is 10.1. The first kappa shape index (κ1) is 26.9. The van der Waals surface area contributed by atoms with Crippen LogP contribution in [0.1, 0.15) is 11.1 Å². The van der Waals surface area contributed by atoms with E-state index in [2.05, 4.69) is 10.2 Å². The average molecular weight is 562 g/mol. The topological polar surface area (TPSA) is 87.6 Å². The molecule has 8 nitrogen and oxygen atoms in total. The molecule has 0 saturated heterocycles. The minimum atomic E-state index is -0.497. The highest BCUT2D eigenvalue weighted by Crippen LogP contribution is 2.33. The lowest BCUT2D eigenvalue weighted by atomic mass is 10.1. The van der Waals surface area contributed by atoms with Crippen molar-refractivity contribution in [3.63, 3.8) is 0 Å². The van der Waals surface area contributed by atoms with Crippen molar-refractivity contribution in [2.24, 2.45) is 7.05 Å². The summed E-state index contributed by atoms with van der Waals surface area (Å²) in [5.41, 5.74) is 3.74. The van der Waals surface area contributed by atoms with E-state index >= 15 is 0 Å². The smallest absolute Gasteiger partial charge is 0.348 e. The van der Waals surface area contributed by atoms with E-state index in [1.54, 1.807) is 29.4 Å². The van der Waals surface area contributed by atoms with Crippen LogP contribution in [0, 0.1) is 17.0 Å². The van der Waals surface area contributed by atoms with E-state index in [9.17, 15) is 13.6 Å². The SMILES string of the molecule is CN(C)C(=N)c1cccc(Cn2cc(-n3c(-c4cn(C)c5ccc(F)cc45)n[nH]c3=O)c3cc(F)ccc32)c1.Cl. The molecule has 40 heavy (non-hydrogen) atoms. The van der Waals surface area contributed by atoms with Crippen LogP contribution in [0.3, 0.4) is 0 Å². The summed E-state index contributed by atoms with van der Waals surface area (Å²) in [7, 11) is 5.48. The first-order valence-electron chi connectivity index (χ1n) is 12.3. The highest BCUT2D eigenvalue weighted by atomic mass is 35.5. The third-order valence-electron chi connectivity index (χ3n) is 6.93. The number of aryl methyl sites for hydroxylation is 1. The van der Waals surface area contributed by atoms with Gasteiger partial charge in [-0.05, 0) is 48.0 Å². The summed E-state index contributed by atoms with van der Waals surface area (Å²) in [6.07, 6.45) is 3.58. The van der Waals surface area contributed by atoms with Gasteiger partial charge in [-0.1, -0.05) is 18.2 Å². The summed E-state index contributed by atoms with van der Waals surface area (Å²) in [4.78, 5) is 14.9. The number of fused-ring (bicyclic) bond motifs is 2. The molecule has 0 fully saturated rings. The Bertz CT molecular complexity index is 1960. The molecule has 3 heterocycles. The molecule has 0 bridgehead atoms. The van der Waals surface area contributed by atoms with Crippen LogP contribution in [0.5, 0.6) is 0 Å². The first-order chi connectivity index (χ1) is 18.7. The molecule has 0 spiro atoms. The second-order valence-electron chi connectivity index (χ2n) is 9.75. The van der Waals surface area contributed by atoms with E-state index in [4.69, 9.17) is 5.41 Å². The van der Waals surface area contributed by atoms with Gasteiger partial charge >= 0.3 is 5.69 Å². The van der Waals surface area contributed by atoms with Crippen LogP contribution in [0.15, 0.2) is 77.9 Å². The second-order valence-corrected chi connectivity index (χ2v) is 9.75. The van der Waals surface area contributed by atoms with Gasteiger partial charge in [-0.2, -0.15) is 5.10 Å². The number of amidine groups is 1. The van der Waals surface area contributed by atoms with Gasteiger partial charge in [-0.15, -0.1) is 12.4 Å². The number of nitrogens with zero attached hydrogens (tertiary/aromatic N) is 5. The molecule has 0 aliphatic carbocycles. The Labute approximate surface area is 234 Å². The van der Waals surface area contributed by atoms with Crippen LogP contribution in [0.2, 0.25) is 0 Å². The number of benzene rings is 3. The lowest BCUT2D eigenvalue weighted by molar-refractivity contribution is 0.619. The Morgan fingerprint density at radius 1 is 0.975 bits per heavy atom. The fourth-order valence-corrected chi connectivity index (χ4v) is 5.08. The molecule has 0 amide bonds. The molecule has 0 radical (unpaired) electrons. The minimum Gasteiger partial charge on any atom is -0.363 e. The van der Waals surface area contributed by atoms with Crippen molar-refractivity contribution in [2.75, 3.05) is 14.1 Å². The third-order valence-corrected chi connectivity index (χ3v) is 6.93. The van der Waals surface area contributed by atoms with Gasteiger partial charge in [-0.25, -0.2) is 23.2 Å². The number of halogens is 3. The highest BCUT2D eigenvalue weighted by Gasteiger charge is 2.21. The summed E-state index contributed by atoms with van der Waals surface area (Å²) in [6, 6.07) is 16.6. The van der Waals surface area contributed by atoms with Gasteiger partial charge in [0.05, 0.1) is 11.2 Å². The summed E-state index contributed by atoms with van der Waals surface area (Å²) in [5.74, 6) is -0.157. The molecule has 6 rings (SSSR count). The lowest BCUT2D eigenvalue weighted by Crippen LogP contribution is -2.21. The van der Waals surface area contributed by atoms with Crippen LogP contribution < -0.4 is 5.69 Å². The summed E-state index contributed by atoms with van der Waals surface area (Å²) in [6.45, 7) is 0.429. The number of rotatable bonds is 5. The van der Waals surface area contributed by atoms with E-state index in [0.717, 1.165) is 22.2 Å². The molecule has 204 valence electrons. The average Bonchev–Trinajstić information content (AvgIpc) is 3.56. The molecule has 0 aliphatic heterocycles. The number of hydrogen-bond donors (Lipinski definition) is 2. The quantitative estimate of drug-likeness (QED) is 0.221. The molecule has 2 N–H and O–H groups in total. The summed E-state index contributed by atoms with van der Waals surface area (Å²) in [5, 5.41) is 16.3. The van der Waals surface area contributed by atoms with Crippen LogP contribution in [-0.4, -0.2) is 48.7 Å². The van der Waals surface area contributed by atoms with E-state index < -0.39 is 17.3 Å². The Morgan fingerprint density at radius 2 is 1.68 bits per heavy atom. The maximum absolute atomic E-state index is 14.5. The van der Waals surface area contributed by atoms with Crippen LogP contribution >= 0.6 is 12.4 Å². The van der Waals surface area contributed by atoms with E-state index in [1.807, 2.05) is 54.5 Å². The largest absolute Gasteiger partial charge is 0.363 e. The maximum Gasteiger partial charge on any atom is 0.348 e. The minimum absolute atomic E-state index is 0. The number of nitrogens with one attached hydrogen (secondary N) is 2. The van der Waals surface area contributed by atoms with Crippen molar-refractivity contribution in [3.05, 3.63) is 106 Å². The lowest BCUT2D eigenvalue weighted by Gasteiger charge is -2.14. The number of aromatic amines is 1. The van der Waals surface area contributed by atoms with Gasteiger partial charge in [0.25, 0.3) is 0 Å². The zero-order chi connectivity index (χ0) is 27.4. The van der Waals surface area contributed by atoms with Gasteiger partial charge in [0, 0.05) is 67.5 Å². The predicted molar refractivity (Wildman–Crippen MR) is 155 cm³/mol. The molecule has 11 heteroatoms. The van der Waals surface area contributed by atoms with Crippen LogP contribution in [-0.2, 0) is 13.6 Å². The van der Waals surface area contributed by atoms with Gasteiger partial charge in [0.15, 0.2) is 5.82 Å². The van der Waals surface area contributed by atoms with Crippen LogP contribution in [0.25, 0.3) is 38.9 Å². The van der Waals surface area contributed by atoms with E-state index in [0.29, 0.717) is 40.2 Å². The molecule has 0 saturated carbocycles. The first-order valence-corrected chi connectivity index (χ1v) is 12.3. The fourth-order valence-electron chi connectivity index (χ4n) is 5.08. The Kier molecular flexibility index (Phi) is 6.80. The molecule has 0 unspecified atom stereocenters. The van der Waals surface area contributed by atoms with Crippen molar-refractivity contribution in [1.29, 1.82) is 5.41 Å². The third kappa shape index (κ3) is 4.46. The zero-order valence-electron chi connectivity index (χ0n) is 21.9. The molecular weight excluding hydrogens is 536 g/mol. The van der Waals surface area contributed by atoms with Crippen LogP contribution in [0.4, 0.5) is 8.78 Å². The van der Waals surface area contributed by atoms with Crippen molar-refractivity contribution >= 4 is 40.0 Å². The number of hydrogen-bond acceptors (Lipinski definition) is 3. The van der Waals surface area contributed by atoms with Crippen molar-refractivity contribution in [3.8, 4) is 17.1 Å². The van der Waals surface area contributed by atoms with Crippen molar-refractivity contribution in [1.82, 2.24) is 28.8 Å². The molecule has 6 aromatic rings. The monoisotopic (exact) mass is 561 g/mol. The van der Waals surface area contributed by atoms with Gasteiger partial charge in [0.1, 0.15) is 17.5 Å². The van der Waals surface area contributed by atoms with Gasteiger partial charge < -0.3 is 14.0 Å². The molecule has 3 aromatic heterocycles. The fraction of sp³-hybridized carbons (Fsp3) is 0.138. The Hall–Kier alpha value is -4.70. The standard InChI is InChI=1S/C29H25F2N7O.ClH/c1-35(2)27(32)18-6-4-5-17(11-18)14-37-16-26(22-13-20(31)8-10-25(22)37)38-28(33-34-29(38)39)23-15-36(3)24-9-7-19(30)12-21(23)24;/h4-13,15-16,32H,14H2,1-3H3,(H,34,39);1H. The highest BCUT2D eigenvalue weighted by molar-refractivity contribution is 5.97. The Balaban J connectivity index is 0.00000323. The molecular formula is C29H26ClF2N7O. The van der Waals surface area contributed by atoms with Crippen molar-refractivity contribution < 1.29 is 8.78 Å². The van der Waals surface area contributed by atoms with E-state index in [-0.39, 0.29) is 12.4 Å². The van der Waals surface area contributed by atoms with Gasteiger partial charge in [0.2, 0.25) is 0 Å². The molecule has 0 aliphatic rings. The number of H-pyrrole nitrogens is 1. The number of aromatic nitrogens is 5.